The lowest BCUT2D eigenvalue weighted by atomic mass is 9.60. The molecule has 15 heavy (non-hydrogen) atoms. The van der Waals surface area contributed by atoms with Crippen molar-refractivity contribution < 1.29 is 14.6 Å². The molecule has 2 rings (SSSR count). The standard InChI is InChI=1S/C11H17NO3/c1-2-15-9-5-11(13,6-9)10(7-12)3-4-14-8-10/h9,13H,2-6,8H2,1H3. The summed E-state index contributed by atoms with van der Waals surface area (Å²) in [6, 6.07) is 2.25. The molecule has 0 aromatic carbocycles. The number of aliphatic hydroxyl groups is 1. The predicted octanol–water partition coefficient (Wildman–Crippen LogP) is 0.847. The highest BCUT2D eigenvalue weighted by Gasteiger charge is 2.60. The predicted molar refractivity (Wildman–Crippen MR) is 53.1 cm³/mol. The van der Waals surface area contributed by atoms with E-state index in [1.165, 1.54) is 0 Å². The zero-order valence-corrected chi connectivity index (χ0v) is 9.03. The maximum Gasteiger partial charge on any atom is 0.112 e. The number of ether oxygens (including phenoxy) is 2. The molecule has 0 spiro atoms. The summed E-state index contributed by atoms with van der Waals surface area (Å²) in [4.78, 5) is 0. The van der Waals surface area contributed by atoms with Crippen LogP contribution in [0.4, 0.5) is 0 Å². The number of hydrogen-bond acceptors (Lipinski definition) is 4. The van der Waals surface area contributed by atoms with E-state index in [0.717, 1.165) is 0 Å². The zero-order chi connectivity index (χ0) is 10.9. The fourth-order valence-electron chi connectivity index (χ4n) is 2.56. The molecule has 0 bridgehead atoms. The number of hydrogen-bond donors (Lipinski definition) is 1. The molecule has 2 aliphatic rings. The molecule has 2 fully saturated rings. The third-order valence-electron chi connectivity index (χ3n) is 3.66. The minimum absolute atomic E-state index is 0.117. The third-order valence-corrected chi connectivity index (χ3v) is 3.66. The van der Waals surface area contributed by atoms with Crippen LogP contribution in [0.1, 0.15) is 26.2 Å². The molecule has 1 aliphatic heterocycles. The average molecular weight is 211 g/mol. The first-order valence-corrected chi connectivity index (χ1v) is 5.49. The summed E-state index contributed by atoms with van der Waals surface area (Å²) in [7, 11) is 0. The van der Waals surface area contributed by atoms with E-state index in [9.17, 15) is 10.4 Å². The zero-order valence-electron chi connectivity index (χ0n) is 9.03. The molecule has 0 radical (unpaired) electrons. The van der Waals surface area contributed by atoms with Crippen molar-refractivity contribution in [1.29, 1.82) is 5.26 Å². The van der Waals surface area contributed by atoms with Crippen LogP contribution >= 0.6 is 0 Å². The second-order valence-corrected chi connectivity index (χ2v) is 4.51. The Morgan fingerprint density at radius 3 is 2.80 bits per heavy atom. The van der Waals surface area contributed by atoms with Gasteiger partial charge in [-0.3, -0.25) is 0 Å². The van der Waals surface area contributed by atoms with E-state index in [-0.39, 0.29) is 6.10 Å². The molecular formula is C11H17NO3. The van der Waals surface area contributed by atoms with Gasteiger partial charge < -0.3 is 14.6 Å². The molecule has 4 heteroatoms. The molecule has 4 nitrogen and oxygen atoms in total. The van der Waals surface area contributed by atoms with Crippen molar-refractivity contribution in [1.82, 2.24) is 0 Å². The average Bonchev–Trinajstić information content (AvgIpc) is 2.65. The Hall–Kier alpha value is -0.630. The molecule has 0 aromatic heterocycles. The van der Waals surface area contributed by atoms with Gasteiger partial charge in [-0.05, 0) is 13.3 Å². The first-order chi connectivity index (χ1) is 7.16. The summed E-state index contributed by atoms with van der Waals surface area (Å²) >= 11 is 0. The first kappa shape index (κ1) is 10.9. The van der Waals surface area contributed by atoms with Crippen LogP contribution in [0.25, 0.3) is 0 Å². The summed E-state index contributed by atoms with van der Waals surface area (Å²) in [6.07, 6.45) is 1.89. The van der Waals surface area contributed by atoms with Gasteiger partial charge in [-0.2, -0.15) is 5.26 Å². The van der Waals surface area contributed by atoms with Gasteiger partial charge in [0.15, 0.2) is 0 Å². The number of rotatable bonds is 3. The molecule has 1 heterocycles. The van der Waals surface area contributed by atoms with E-state index < -0.39 is 11.0 Å². The lowest BCUT2D eigenvalue weighted by molar-refractivity contribution is -0.185. The molecule has 1 saturated heterocycles. The van der Waals surface area contributed by atoms with Crippen LogP contribution < -0.4 is 0 Å². The van der Waals surface area contributed by atoms with E-state index in [4.69, 9.17) is 9.47 Å². The molecule has 0 amide bonds. The van der Waals surface area contributed by atoms with Crippen molar-refractivity contribution in [3.8, 4) is 6.07 Å². The maximum absolute atomic E-state index is 10.4. The molecule has 1 N–H and O–H groups in total. The SMILES string of the molecule is CCOC1CC(O)(C2(C#N)CCOC2)C1. The van der Waals surface area contributed by atoms with Crippen molar-refractivity contribution in [2.24, 2.45) is 5.41 Å². The monoisotopic (exact) mass is 211 g/mol. The lowest BCUT2D eigenvalue weighted by Crippen LogP contribution is -2.59. The minimum atomic E-state index is -0.891. The van der Waals surface area contributed by atoms with Gasteiger partial charge in [-0.15, -0.1) is 0 Å². The Balaban J connectivity index is 2.02. The highest BCUT2D eigenvalue weighted by molar-refractivity contribution is 5.18. The smallest absolute Gasteiger partial charge is 0.112 e. The molecule has 1 saturated carbocycles. The van der Waals surface area contributed by atoms with Crippen LogP contribution in [0.2, 0.25) is 0 Å². The number of nitriles is 1. The van der Waals surface area contributed by atoms with Gasteiger partial charge in [0.05, 0.1) is 24.4 Å². The third kappa shape index (κ3) is 1.55. The van der Waals surface area contributed by atoms with Gasteiger partial charge in [0.2, 0.25) is 0 Å². The highest BCUT2D eigenvalue weighted by Crippen LogP contribution is 2.51. The van der Waals surface area contributed by atoms with Crippen LogP contribution in [0, 0.1) is 16.7 Å². The van der Waals surface area contributed by atoms with E-state index in [2.05, 4.69) is 6.07 Å². The van der Waals surface area contributed by atoms with Crippen LogP contribution in [-0.2, 0) is 9.47 Å². The molecule has 1 unspecified atom stereocenters. The van der Waals surface area contributed by atoms with Crippen LogP contribution in [0.5, 0.6) is 0 Å². The maximum atomic E-state index is 10.4. The summed E-state index contributed by atoms with van der Waals surface area (Å²) < 4.78 is 10.7. The van der Waals surface area contributed by atoms with Crippen molar-refractivity contribution in [2.75, 3.05) is 19.8 Å². The Morgan fingerprint density at radius 1 is 1.60 bits per heavy atom. The van der Waals surface area contributed by atoms with Gasteiger partial charge in [0, 0.05) is 26.1 Å². The first-order valence-electron chi connectivity index (χ1n) is 5.49. The second kappa shape index (κ2) is 3.75. The molecule has 84 valence electrons. The van der Waals surface area contributed by atoms with Crippen molar-refractivity contribution in [3.63, 3.8) is 0 Å². The molecule has 1 aliphatic carbocycles. The highest BCUT2D eigenvalue weighted by atomic mass is 16.5. The van der Waals surface area contributed by atoms with Crippen LogP contribution in [0.15, 0.2) is 0 Å². The Kier molecular flexibility index (Phi) is 2.72. The van der Waals surface area contributed by atoms with Gasteiger partial charge in [-0.25, -0.2) is 0 Å². The summed E-state index contributed by atoms with van der Waals surface area (Å²) in [5, 5.41) is 19.6. The van der Waals surface area contributed by atoms with Crippen molar-refractivity contribution in [2.45, 2.75) is 37.9 Å². The Labute approximate surface area is 89.8 Å². The molecule has 1 atom stereocenters. The van der Waals surface area contributed by atoms with Crippen LogP contribution in [-0.4, -0.2) is 36.6 Å². The van der Waals surface area contributed by atoms with Crippen molar-refractivity contribution in [3.05, 3.63) is 0 Å². The van der Waals surface area contributed by atoms with Crippen LogP contribution in [0.3, 0.4) is 0 Å². The quantitative estimate of drug-likeness (QED) is 0.751. The summed E-state index contributed by atoms with van der Waals surface area (Å²) in [6.45, 7) is 3.54. The van der Waals surface area contributed by atoms with Gasteiger partial charge in [0.1, 0.15) is 5.41 Å². The minimum Gasteiger partial charge on any atom is -0.388 e. The van der Waals surface area contributed by atoms with E-state index in [1.807, 2.05) is 6.92 Å². The lowest BCUT2D eigenvalue weighted by Gasteiger charge is -2.50. The Morgan fingerprint density at radius 2 is 2.33 bits per heavy atom. The normalized spacial score (nSPS) is 44.7. The fourth-order valence-corrected chi connectivity index (χ4v) is 2.56. The summed E-state index contributed by atoms with van der Waals surface area (Å²) in [5.41, 5.74) is -1.58. The Bertz CT molecular complexity index is 272. The topological polar surface area (TPSA) is 62.5 Å². The van der Waals surface area contributed by atoms with Gasteiger partial charge in [0.25, 0.3) is 0 Å². The second-order valence-electron chi connectivity index (χ2n) is 4.51. The van der Waals surface area contributed by atoms with Gasteiger partial charge >= 0.3 is 0 Å². The summed E-state index contributed by atoms with van der Waals surface area (Å²) in [5.74, 6) is 0. The molecule has 0 aromatic rings. The van der Waals surface area contributed by atoms with E-state index in [0.29, 0.717) is 39.1 Å². The van der Waals surface area contributed by atoms with Gasteiger partial charge in [-0.1, -0.05) is 0 Å². The van der Waals surface area contributed by atoms with Crippen molar-refractivity contribution >= 4 is 0 Å². The van der Waals surface area contributed by atoms with E-state index >= 15 is 0 Å². The number of nitrogens with zero attached hydrogens (tertiary/aromatic N) is 1. The van der Waals surface area contributed by atoms with E-state index in [1.54, 1.807) is 0 Å². The fraction of sp³-hybridized carbons (Fsp3) is 0.909. The largest absolute Gasteiger partial charge is 0.388 e. The molecular weight excluding hydrogens is 194 g/mol.